The highest BCUT2D eigenvalue weighted by Crippen LogP contribution is 2.04. The van der Waals surface area contributed by atoms with Crippen LogP contribution in [0.25, 0.3) is 0 Å². The summed E-state index contributed by atoms with van der Waals surface area (Å²) in [4.78, 5) is 11.3. The van der Waals surface area contributed by atoms with E-state index < -0.39 is 5.92 Å². The van der Waals surface area contributed by atoms with Crippen molar-refractivity contribution in [2.24, 2.45) is 5.92 Å². The Kier molecular flexibility index (Phi) is 7.86. The first-order valence-corrected chi connectivity index (χ1v) is 5.04. The van der Waals surface area contributed by atoms with E-state index in [9.17, 15) is 4.79 Å². The molecule has 4 nitrogen and oxygen atoms in total. The van der Waals surface area contributed by atoms with E-state index in [0.29, 0.717) is 19.4 Å². The number of hydrogen-bond acceptors (Lipinski definition) is 3. The largest absolute Gasteiger partial charge is 0.396 e. The van der Waals surface area contributed by atoms with Crippen LogP contribution in [0.15, 0.2) is 0 Å². The highest BCUT2D eigenvalue weighted by Gasteiger charge is 2.15. The first kappa shape index (κ1) is 12.9. The summed E-state index contributed by atoms with van der Waals surface area (Å²) in [5.74, 6) is -0.707. The minimum atomic E-state index is -0.519. The first-order chi connectivity index (χ1) is 6.76. The van der Waals surface area contributed by atoms with Gasteiger partial charge in [-0.15, -0.1) is 0 Å². The molecule has 0 bridgehead atoms. The van der Waals surface area contributed by atoms with Crippen LogP contribution in [0.2, 0.25) is 0 Å². The highest BCUT2D eigenvalue weighted by atomic mass is 16.2. The summed E-state index contributed by atoms with van der Waals surface area (Å²) in [6.45, 7) is 2.64. The Morgan fingerprint density at radius 3 is 2.79 bits per heavy atom. The summed E-state index contributed by atoms with van der Waals surface area (Å²) in [5, 5.41) is 19.9. The summed E-state index contributed by atoms with van der Waals surface area (Å²) < 4.78 is 0. The highest BCUT2D eigenvalue weighted by molar-refractivity contribution is 5.80. The number of hydrogen-bond donors (Lipinski definition) is 2. The number of rotatable bonds is 7. The van der Waals surface area contributed by atoms with Crippen LogP contribution in [0.5, 0.6) is 0 Å². The normalized spacial score (nSPS) is 11.8. The van der Waals surface area contributed by atoms with E-state index in [4.69, 9.17) is 10.4 Å². The van der Waals surface area contributed by atoms with Crippen LogP contribution in [-0.4, -0.2) is 24.2 Å². The second kappa shape index (κ2) is 8.52. The van der Waals surface area contributed by atoms with E-state index in [-0.39, 0.29) is 12.5 Å². The lowest BCUT2D eigenvalue weighted by atomic mass is 10.1. The zero-order valence-corrected chi connectivity index (χ0v) is 8.62. The van der Waals surface area contributed by atoms with Crippen LogP contribution in [0, 0.1) is 17.2 Å². The van der Waals surface area contributed by atoms with E-state index in [1.807, 2.05) is 13.0 Å². The maximum atomic E-state index is 11.3. The Labute approximate surface area is 84.9 Å². The lowest BCUT2D eigenvalue weighted by Crippen LogP contribution is -2.30. The third-order valence-electron chi connectivity index (χ3n) is 1.93. The van der Waals surface area contributed by atoms with Gasteiger partial charge in [-0.1, -0.05) is 13.3 Å². The molecular weight excluding hydrogens is 180 g/mol. The van der Waals surface area contributed by atoms with Crippen molar-refractivity contribution >= 4 is 5.91 Å². The second-order valence-electron chi connectivity index (χ2n) is 3.19. The topological polar surface area (TPSA) is 73.1 Å². The van der Waals surface area contributed by atoms with E-state index >= 15 is 0 Å². The molecule has 0 saturated carbocycles. The standard InChI is InChI=1S/C10H18N2O2/c1-2-5-9(8-11)10(14)12-6-3-4-7-13/h9,13H,2-7H2,1H3,(H,12,14). The number of carbonyl (C=O) groups excluding carboxylic acids is 1. The van der Waals surface area contributed by atoms with Crippen molar-refractivity contribution in [2.45, 2.75) is 32.6 Å². The van der Waals surface area contributed by atoms with E-state index in [1.165, 1.54) is 0 Å². The van der Waals surface area contributed by atoms with Gasteiger partial charge in [0, 0.05) is 13.2 Å². The number of unbranched alkanes of at least 4 members (excludes halogenated alkanes) is 1. The van der Waals surface area contributed by atoms with Crippen molar-refractivity contribution in [2.75, 3.05) is 13.2 Å². The van der Waals surface area contributed by atoms with Crippen molar-refractivity contribution in [3.8, 4) is 6.07 Å². The molecule has 0 aliphatic heterocycles. The van der Waals surface area contributed by atoms with Gasteiger partial charge in [-0.05, 0) is 19.3 Å². The second-order valence-corrected chi connectivity index (χ2v) is 3.19. The lowest BCUT2D eigenvalue weighted by molar-refractivity contribution is -0.123. The summed E-state index contributed by atoms with van der Waals surface area (Å²) in [5.41, 5.74) is 0. The van der Waals surface area contributed by atoms with Crippen LogP contribution in [0.4, 0.5) is 0 Å². The van der Waals surface area contributed by atoms with Gasteiger partial charge in [0.05, 0.1) is 6.07 Å². The van der Waals surface area contributed by atoms with Gasteiger partial charge in [0.15, 0.2) is 0 Å². The number of aliphatic hydroxyl groups is 1. The van der Waals surface area contributed by atoms with Gasteiger partial charge in [-0.2, -0.15) is 5.26 Å². The number of carbonyl (C=O) groups is 1. The minimum absolute atomic E-state index is 0.145. The number of nitrogens with zero attached hydrogens (tertiary/aromatic N) is 1. The van der Waals surface area contributed by atoms with Crippen LogP contribution >= 0.6 is 0 Å². The molecule has 0 aromatic rings. The van der Waals surface area contributed by atoms with Crippen LogP contribution in [-0.2, 0) is 4.79 Å². The Balaban J connectivity index is 3.65. The lowest BCUT2D eigenvalue weighted by Gasteiger charge is -2.08. The van der Waals surface area contributed by atoms with Gasteiger partial charge in [0.1, 0.15) is 5.92 Å². The van der Waals surface area contributed by atoms with Crippen molar-refractivity contribution in [1.29, 1.82) is 5.26 Å². The monoisotopic (exact) mass is 198 g/mol. The predicted molar refractivity (Wildman–Crippen MR) is 53.3 cm³/mol. The molecule has 0 aromatic heterocycles. The first-order valence-electron chi connectivity index (χ1n) is 5.04. The predicted octanol–water partition coefficient (Wildman–Crippen LogP) is 0.815. The molecule has 0 saturated heterocycles. The summed E-state index contributed by atoms with van der Waals surface area (Å²) in [7, 11) is 0. The average molecular weight is 198 g/mol. The van der Waals surface area contributed by atoms with Crippen LogP contribution in [0.1, 0.15) is 32.6 Å². The van der Waals surface area contributed by atoms with E-state index in [1.54, 1.807) is 0 Å². The summed E-state index contributed by atoms with van der Waals surface area (Å²) in [6.07, 6.45) is 2.89. The number of nitriles is 1. The quantitative estimate of drug-likeness (QED) is 0.595. The SMILES string of the molecule is CCCC(C#N)C(=O)NCCCCO. The van der Waals surface area contributed by atoms with Crippen molar-refractivity contribution in [1.82, 2.24) is 5.32 Å². The van der Waals surface area contributed by atoms with Gasteiger partial charge in [0.2, 0.25) is 5.91 Å². The fourth-order valence-corrected chi connectivity index (χ4v) is 1.11. The summed E-state index contributed by atoms with van der Waals surface area (Å²) in [6, 6.07) is 1.98. The maximum Gasteiger partial charge on any atom is 0.237 e. The molecule has 0 fully saturated rings. The van der Waals surface area contributed by atoms with Crippen LogP contribution < -0.4 is 5.32 Å². The Morgan fingerprint density at radius 2 is 2.29 bits per heavy atom. The van der Waals surface area contributed by atoms with Gasteiger partial charge >= 0.3 is 0 Å². The summed E-state index contributed by atoms with van der Waals surface area (Å²) >= 11 is 0. The molecule has 1 atom stereocenters. The van der Waals surface area contributed by atoms with Crippen molar-refractivity contribution in [3.05, 3.63) is 0 Å². The average Bonchev–Trinajstić information content (AvgIpc) is 2.20. The molecule has 0 spiro atoms. The number of amides is 1. The van der Waals surface area contributed by atoms with Crippen molar-refractivity contribution < 1.29 is 9.90 Å². The van der Waals surface area contributed by atoms with Gasteiger partial charge in [-0.25, -0.2) is 0 Å². The molecule has 2 N–H and O–H groups in total. The zero-order valence-electron chi connectivity index (χ0n) is 8.62. The molecule has 1 unspecified atom stereocenters. The smallest absolute Gasteiger partial charge is 0.237 e. The Bertz CT molecular complexity index is 199. The third-order valence-corrected chi connectivity index (χ3v) is 1.93. The van der Waals surface area contributed by atoms with E-state index in [2.05, 4.69) is 5.32 Å². The molecule has 1 amide bonds. The molecular formula is C10H18N2O2. The minimum Gasteiger partial charge on any atom is -0.396 e. The Morgan fingerprint density at radius 1 is 1.57 bits per heavy atom. The molecule has 0 rings (SSSR count). The molecule has 0 aliphatic carbocycles. The fourth-order valence-electron chi connectivity index (χ4n) is 1.11. The van der Waals surface area contributed by atoms with Crippen molar-refractivity contribution in [3.63, 3.8) is 0 Å². The molecule has 0 heterocycles. The van der Waals surface area contributed by atoms with Gasteiger partial charge in [0.25, 0.3) is 0 Å². The third kappa shape index (κ3) is 5.55. The molecule has 0 aromatic carbocycles. The molecule has 0 aliphatic rings. The fraction of sp³-hybridized carbons (Fsp3) is 0.800. The Hall–Kier alpha value is -1.08. The molecule has 4 heteroatoms. The molecule has 0 radical (unpaired) electrons. The van der Waals surface area contributed by atoms with Gasteiger partial charge in [-0.3, -0.25) is 4.79 Å². The van der Waals surface area contributed by atoms with Gasteiger partial charge < -0.3 is 10.4 Å². The van der Waals surface area contributed by atoms with Crippen LogP contribution in [0.3, 0.4) is 0 Å². The maximum absolute atomic E-state index is 11.3. The molecule has 80 valence electrons. The number of nitrogens with one attached hydrogen (secondary N) is 1. The molecule has 14 heavy (non-hydrogen) atoms. The zero-order chi connectivity index (χ0) is 10.8. The van der Waals surface area contributed by atoms with E-state index in [0.717, 1.165) is 12.8 Å². The number of aliphatic hydroxyl groups excluding tert-OH is 1.